The molecule has 4 heteroatoms. The Bertz CT molecular complexity index is 244. The summed E-state index contributed by atoms with van der Waals surface area (Å²) in [6.07, 6.45) is 10.2. The van der Waals surface area contributed by atoms with Crippen molar-refractivity contribution in [1.29, 1.82) is 0 Å². The van der Waals surface area contributed by atoms with Crippen LogP contribution >= 0.6 is 12.4 Å². The van der Waals surface area contributed by atoms with Gasteiger partial charge in [0.1, 0.15) is 0 Å². The summed E-state index contributed by atoms with van der Waals surface area (Å²) in [7, 11) is 0. The van der Waals surface area contributed by atoms with Gasteiger partial charge in [0.2, 0.25) is 5.91 Å². The molecule has 100 valence electrons. The summed E-state index contributed by atoms with van der Waals surface area (Å²) in [5, 5.41) is 0. The Kier molecular flexibility index (Phi) is 5.74. The highest BCUT2D eigenvalue weighted by Gasteiger charge is 2.39. The molecule has 1 saturated heterocycles. The third kappa shape index (κ3) is 3.59. The van der Waals surface area contributed by atoms with E-state index in [-0.39, 0.29) is 18.3 Å². The van der Waals surface area contributed by atoms with Crippen LogP contribution in [-0.2, 0) is 4.79 Å². The van der Waals surface area contributed by atoms with Crippen LogP contribution in [0.15, 0.2) is 0 Å². The van der Waals surface area contributed by atoms with Crippen molar-refractivity contribution in [1.82, 2.24) is 4.90 Å². The molecule has 0 radical (unpaired) electrons. The van der Waals surface area contributed by atoms with Gasteiger partial charge in [-0.05, 0) is 25.7 Å². The van der Waals surface area contributed by atoms with E-state index in [1.165, 1.54) is 19.3 Å². The molecule has 17 heavy (non-hydrogen) atoms. The van der Waals surface area contributed by atoms with E-state index < -0.39 is 5.54 Å². The van der Waals surface area contributed by atoms with Crippen molar-refractivity contribution in [3.8, 4) is 0 Å². The highest BCUT2D eigenvalue weighted by Crippen LogP contribution is 2.29. The zero-order valence-corrected chi connectivity index (χ0v) is 11.4. The summed E-state index contributed by atoms with van der Waals surface area (Å²) < 4.78 is 0. The number of hydrogen-bond acceptors (Lipinski definition) is 2. The van der Waals surface area contributed by atoms with Crippen molar-refractivity contribution in [2.45, 2.75) is 63.3 Å². The molecule has 2 aliphatic rings. The second-order valence-corrected chi connectivity index (χ2v) is 5.42. The average Bonchev–Trinajstić information content (AvgIpc) is 2.65. The number of amides is 1. The van der Waals surface area contributed by atoms with Crippen molar-refractivity contribution < 1.29 is 4.79 Å². The van der Waals surface area contributed by atoms with Crippen LogP contribution in [0.4, 0.5) is 0 Å². The number of rotatable bonds is 1. The molecule has 1 aliphatic heterocycles. The van der Waals surface area contributed by atoms with E-state index in [0.717, 1.165) is 51.6 Å². The van der Waals surface area contributed by atoms with Crippen LogP contribution in [0.5, 0.6) is 0 Å². The van der Waals surface area contributed by atoms with E-state index in [0.29, 0.717) is 0 Å². The molecular weight excluding hydrogens is 236 g/mol. The van der Waals surface area contributed by atoms with E-state index >= 15 is 0 Å². The Morgan fingerprint density at radius 1 is 0.882 bits per heavy atom. The van der Waals surface area contributed by atoms with E-state index in [4.69, 9.17) is 5.73 Å². The largest absolute Gasteiger partial charge is 0.341 e. The van der Waals surface area contributed by atoms with Gasteiger partial charge >= 0.3 is 0 Å². The van der Waals surface area contributed by atoms with Crippen LogP contribution in [0.3, 0.4) is 0 Å². The first kappa shape index (κ1) is 14.8. The number of carbonyl (C=O) groups excluding carboxylic acids is 1. The quantitative estimate of drug-likeness (QED) is 0.787. The van der Waals surface area contributed by atoms with E-state index in [1.54, 1.807) is 0 Å². The maximum Gasteiger partial charge on any atom is 0.242 e. The summed E-state index contributed by atoms with van der Waals surface area (Å²) in [6.45, 7) is 1.86. The van der Waals surface area contributed by atoms with Crippen LogP contribution in [0.25, 0.3) is 0 Å². The van der Waals surface area contributed by atoms with Crippen molar-refractivity contribution in [2.75, 3.05) is 13.1 Å². The molecule has 2 fully saturated rings. The normalized spacial score (nSPS) is 24.6. The maximum atomic E-state index is 12.4. The van der Waals surface area contributed by atoms with Gasteiger partial charge in [-0.15, -0.1) is 12.4 Å². The summed E-state index contributed by atoms with van der Waals surface area (Å²) >= 11 is 0. The zero-order valence-electron chi connectivity index (χ0n) is 10.6. The van der Waals surface area contributed by atoms with Gasteiger partial charge in [-0.3, -0.25) is 4.79 Å². The summed E-state index contributed by atoms with van der Waals surface area (Å²) in [5.41, 5.74) is 5.72. The van der Waals surface area contributed by atoms with Gasteiger partial charge in [0.05, 0.1) is 5.54 Å². The number of carbonyl (C=O) groups is 1. The molecule has 0 bridgehead atoms. The third-order valence-electron chi connectivity index (χ3n) is 4.06. The van der Waals surface area contributed by atoms with Gasteiger partial charge < -0.3 is 10.6 Å². The van der Waals surface area contributed by atoms with Gasteiger partial charge in [-0.1, -0.05) is 32.1 Å². The predicted molar refractivity (Wildman–Crippen MR) is 72.3 cm³/mol. The lowest BCUT2D eigenvalue weighted by Crippen LogP contribution is -2.54. The van der Waals surface area contributed by atoms with Crippen molar-refractivity contribution in [3.63, 3.8) is 0 Å². The summed E-state index contributed by atoms with van der Waals surface area (Å²) in [4.78, 5) is 14.4. The van der Waals surface area contributed by atoms with Gasteiger partial charge in [0.25, 0.3) is 0 Å². The highest BCUT2D eigenvalue weighted by molar-refractivity contribution is 5.86. The molecule has 0 spiro atoms. The molecule has 0 unspecified atom stereocenters. The van der Waals surface area contributed by atoms with Crippen molar-refractivity contribution in [2.24, 2.45) is 5.73 Å². The Hall–Kier alpha value is -0.280. The minimum absolute atomic E-state index is 0. The monoisotopic (exact) mass is 260 g/mol. The standard InChI is InChI=1S/C13H24N2O.ClH/c14-13(8-4-5-9-13)12(16)15-10-6-2-1-3-7-11-15;/h1-11,14H2;1H. The molecule has 0 aromatic carbocycles. The fourth-order valence-electron chi connectivity index (χ4n) is 2.99. The van der Waals surface area contributed by atoms with E-state index in [2.05, 4.69) is 0 Å². The average molecular weight is 261 g/mol. The van der Waals surface area contributed by atoms with Gasteiger partial charge in [-0.2, -0.15) is 0 Å². The predicted octanol–water partition coefficient (Wildman–Crippen LogP) is 2.47. The van der Waals surface area contributed by atoms with Crippen molar-refractivity contribution >= 4 is 18.3 Å². The Balaban J connectivity index is 0.00000144. The number of nitrogens with two attached hydrogens (primary N) is 1. The first-order valence-electron chi connectivity index (χ1n) is 6.81. The van der Waals surface area contributed by atoms with Gasteiger partial charge in [-0.25, -0.2) is 0 Å². The van der Waals surface area contributed by atoms with Gasteiger partial charge in [0, 0.05) is 13.1 Å². The first-order chi connectivity index (χ1) is 7.72. The molecule has 1 saturated carbocycles. The van der Waals surface area contributed by atoms with Crippen LogP contribution in [0.2, 0.25) is 0 Å². The highest BCUT2D eigenvalue weighted by atomic mass is 35.5. The molecular formula is C13H25ClN2O. The Morgan fingerprint density at radius 2 is 1.35 bits per heavy atom. The molecule has 1 heterocycles. The summed E-state index contributed by atoms with van der Waals surface area (Å²) in [6, 6.07) is 0. The fourth-order valence-corrected chi connectivity index (χ4v) is 2.99. The lowest BCUT2D eigenvalue weighted by atomic mass is 9.96. The number of likely N-dealkylation sites (tertiary alicyclic amines) is 1. The first-order valence-corrected chi connectivity index (χ1v) is 6.81. The van der Waals surface area contributed by atoms with Crippen LogP contribution in [-0.4, -0.2) is 29.4 Å². The molecule has 3 nitrogen and oxygen atoms in total. The third-order valence-corrected chi connectivity index (χ3v) is 4.06. The van der Waals surface area contributed by atoms with E-state index in [1.807, 2.05) is 4.90 Å². The number of halogens is 1. The molecule has 0 aromatic heterocycles. The van der Waals surface area contributed by atoms with Gasteiger partial charge in [0.15, 0.2) is 0 Å². The molecule has 1 amide bonds. The topological polar surface area (TPSA) is 46.3 Å². The minimum atomic E-state index is -0.515. The lowest BCUT2D eigenvalue weighted by molar-refractivity contribution is -0.137. The molecule has 2 N–H and O–H groups in total. The van der Waals surface area contributed by atoms with Crippen molar-refractivity contribution in [3.05, 3.63) is 0 Å². The zero-order chi connectivity index (χ0) is 11.4. The lowest BCUT2D eigenvalue weighted by Gasteiger charge is -2.32. The second-order valence-electron chi connectivity index (χ2n) is 5.42. The number of hydrogen-bond donors (Lipinski definition) is 1. The molecule has 0 aromatic rings. The van der Waals surface area contributed by atoms with Crippen LogP contribution in [0.1, 0.15) is 57.8 Å². The Labute approximate surface area is 111 Å². The fraction of sp³-hybridized carbons (Fsp3) is 0.923. The molecule has 0 atom stereocenters. The number of nitrogens with zero attached hydrogens (tertiary/aromatic N) is 1. The van der Waals surface area contributed by atoms with E-state index in [9.17, 15) is 4.79 Å². The smallest absolute Gasteiger partial charge is 0.242 e. The maximum absolute atomic E-state index is 12.4. The Morgan fingerprint density at radius 3 is 1.88 bits per heavy atom. The minimum Gasteiger partial charge on any atom is -0.341 e. The van der Waals surface area contributed by atoms with Crippen LogP contribution < -0.4 is 5.73 Å². The molecule has 1 aliphatic carbocycles. The second kappa shape index (κ2) is 6.60. The summed E-state index contributed by atoms with van der Waals surface area (Å²) in [5.74, 6) is 0.229. The van der Waals surface area contributed by atoms with Crippen LogP contribution in [0, 0.1) is 0 Å². The SMILES string of the molecule is Cl.NC1(C(=O)N2CCCCCCC2)CCCC1. The molecule has 2 rings (SSSR count).